The molecule has 1 N–H and O–H groups in total. The zero-order chi connectivity index (χ0) is 14.7. The number of halogens is 2. The molecule has 0 heterocycles. The Morgan fingerprint density at radius 2 is 1.95 bits per heavy atom. The number of carbonyl (C=O) groups is 1. The van der Waals surface area contributed by atoms with E-state index < -0.39 is 0 Å². The van der Waals surface area contributed by atoms with Gasteiger partial charge in [-0.15, -0.1) is 0 Å². The minimum absolute atomic E-state index is 0.0497. The smallest absolute Gasteiger partial charge is 0.252 e. The molecule has 2 nitrogen and oxygen atoms in total. The molecular formula is C16H15BrClNO. The normalized spacial score (nSPS) is 12.0. The second kappa shape index (κ2) is 6.42. The second-order valence-electron chi connectivity index (χ2n) is 4.68. The Hall–Kier alpha value is -1.32. The van der Waals surface area contributed by atoms with E-state index in [4.69, 9.17) is 11.6 Å². The Morgan fingerprint density at radius 1 is 1.25 bits per heavy atom. The molecule has 0 fully saturated rings. The molecule has 0 spiro atoms. The molecule has 20 heavy (non-hydrogen) atoms. The molecule has 1 amide bonds. The van der Waals surface area contributed by atoms with E-state index in [0.717, 1.165) is 11.1 Å². The molecule has 0 aliphatic carbocycles. The van der Waals surface area contributed by atoms with Crippen molar-refractivity contribution in [3.8, 4) is 0 Å². The van der Waals surface area contributed by atoms with Crippen LogP contribution in [0.15, 0.2) is 46.9 Å². The van der Waals surface area contributed by atoms with E-state index >= 15 is 0 Å². The lowest BCUT2D eigenvalue weighted by Crippen LogP contribution is -2.27. The fourth-order valence-corrected chi connectivity index (χ4v) is 2.96. The average Bonchev–Trinajstić information content (AvgIpc) is 2.38. The standard InChI is InChI=1S/C16H15BrClNO/c1-10-5-3-4-6-13(10)11(2)19-16(20)14-8-7-12(18)9-15(14)17/h3-9,11H,1-2H3,(H,19,20). The molecule has 2 aromatic carbocycles. The summed E-state index contributed by atoms with van der Waals surface area (Å²) in [5.74, 6) is -0.121. The van der Waals surface area contributed by atoms with E-state index in [1.165, 1.54) is 0 Å². The van der Waals surface area contributed by atoms with Gasteiger partial charge in [-0.05, 0) is 59.1 Å². The largest absolute Gasteiger partial charge is 0.345 e. The van der Waals surface area contributed by atoms with Crippen molar-refractivity contribution in [3.63, 3.8) is 0 Å². The van der Waals surface area contributed by atoms with Crippen LogP contribution in [-0.4, -0.2) is 5.91 Å². The maximum atomic E-state index is 12.3. The highest BCUT2D eigenvalue weighted by Crippen LogP contribution is 2.23. The topological polar surface area (TPSA) is 29.1 Å². The van der Waals surface area contributed by atoms with Crippen LogP contribution in [0.2, 0.25) is 5.02 Å². The zero-order valence-corrected chi connectivity index (χ0v) is 13.6. The zero-order valence-electron chi connectivity index (χ0n) is 11.3. The summed E-state index contributed by atoms with van der Waals surface area (Å²) in [6.45, 7) is 4.01. The van der Waals surface area contributed by atoms with Crippen molar-refractivity contribution in [1.82, 2.24) is 5.32 Å². The van der Waals surface area contributed by atoms with Gasteiger partial charge < -0.3 is 5.32 Å². The molecule has 0 bridgehead atoms. The Labute approximate surface area is 132 Å². The predicted molar refractivity (Wildman–Crippen MR) is 86.2 cm³/mol. The maximum absolute atomic E-state index is 12.3. The third-order valence-corrected chi connectivity index (χ3v) is 4.07. The van der Waals surface area contributed by atoms with Gasteiger partial charge >= 0.3 is 0 Å². The third kappa shape index (κ3) is 3.41. The summed E-state index contributed by atoms with van der Waals surface area (Å²) in [4.78, 5) is 12.3. The van der Waals surface area contributed by atoms with Crippen LogP contribution in [-0.2, 0) is 0 Å². The SMILES string of the molecule is Cc1ccccc1C(C)NC(=O)c1ccc(Cl)cc1Br. The van der Waals surface area contributed by atoms with Gasteiger partial charge in [0, 0.05) is 9.50 Å². The fraction of sp³-hybridized carbons (Fsp3) is 0.188. The lowest BCUT2D eigenvalue weighted by molar-refractivity contribution is 0.0939. The van der Waals surface area contributed by atoms with Gasteiger partial charge in [0.2, 0.25) is 0 Å². The Morgan fingerprint density at radius 3 is 2.60 bits per heavy atom. The fourth-order valence-electron chi connectivity index (χ4n) is 2.10. The Balaban J connectivity index is 2.17. The van der Waals surface area contributed by atoms with Gasteiger partial charge in [0.1, 0.15) is 0 Å². The number of hydrogen-bond donors (Lipinski definition) is 1. The number of amides is 1. The van der Waals surface area contributed by atoms with Gasteiger partial charge in [0.15, 0.2) is 0 Å². The molecule has 0 saturated carbocycles. The highest BCUT2D eigenvalue weighted by Gasteiger charge is 2.15. The van der Waals surface area contributed by atoms with Crippen LogP contribution < -0.4 is 5.32 Å². The quantitative estimate of drug-likeness (QED) is 0.836. The van der Waals surface area contributed by atoms with Crippen molar-refractivity contribution in [2.45, 2.75) is 19.9 Å². The first-order chi connectivity index (χ1) is 9.49. The Bertz CT molecular complexity index is 642. The van der Waals surface area contributed by atoms with E-state index in [1.807, 2.05) is 38.1 Å². The van der Waals surface area contributed by atoms with Crippen molar-refractivity contribution >= 4 is 33.4 Å². The molecule has 0 saturated heterocycles. The first-order valence-electron chi connectivity index (χ1n) is 6.30. The van der Waals surface area contributed by atoms with E-state index in [9.17, 15) is 4.79 Å². The van der Waals surface area contributed by atoms with Crippen molar-refractivity contribution in [1.29, 1.82) is 0 Å². The summed E-state index contributed by atoms with van der Waals surface area (Å²) in [5, 5.41) is 3.60. The van der Waals surface area contributed by atoms with Crippen LogP contribution >= 0.6 is 27.5 Å². The Kier molecular flexibility index (Phi) is 4.84. The van der Waals surface area contributed by atoms with E-state index in [2.05, 4.69) is 21.2 Å². The predicted octanol–water partition coefficient (Wildman–Crippen LogP) is 4.90. The van der Waals surface area contributed by atoms with Crippen molar-refractivity contribution in [2.75, 3.05) is 0 Å². The molecule has 0 aliphatic heterocycles. The highest BCUT2D eigenvalue weighted by molar-refractivity contribution is 9.10. The molecule has 2 aromatic rings. The van der Waals surface area contributed by atoms with Gasteiger partial charge in [-0.2, -0.15) is 0 Å². The number of carbonyl (C=O) groups excluding carboxylic acids is 1. The number of aryl methyl sites for hydroxylation is 1. The average molecular weight is 353 g/mol. The summed E-state index contributed by atoms with van der Waals surface area (Å²) in [6, 6.07) is 13.1. The molecule has 0 aliphatic rings. The van der Waals surface area contributed by atoms with Gasteiger partial charge in [0.25, 0.3) is 5.91 Å². The monoisotopic (exact) mass is 351 g/mol. The van der Waals surface area contributed by atoms with Crippen molar-refractivity contribution < 1.29 is 4.79 Å². The lowest BCUT2D eigenvalue weighted by Gasteiger charge is -2.17. The highest BCUT2D eigenvalue weighted by atomic mass is 79.9. The molecule has 0 radical (unpaired) electrons. The first kappa shape index (κ1) is 15.1. The molecule has 1 atom stereocenters. The van der Waals surface area contributed by atoms with Gasteiger partial charge in [-0.3, -0.25) is 4.79 Å². The van der Waals surface area contributed by atoms with Crippen LogP contribution in [0.25, 0.3) is 0 Å². The molecule has 2 rings (SSSR count). The summed E-state index contributed by atoms with van der Waals surface area (Å²) in [7, 11) is 0. The summed E-state index contributed by atoms with van der Waals surface area (Å²) < 4.78 is 0.694. The summed E-state index contributed by atoms with van der Waals surface area (Å²) in [6.07, 6.45) is 0. The lowest BCUT2D eigenvalue weighted by atomic mass is 10.0. The summed E-state index contributed by atoms with van der Waals surface area (Å²) >= 11 is 9.25. The summed E-state index contributed by atoms with van der Waals surface area (Å²) in [5.41, 5.74) is 2.86. The molecule has 0 aromatic heterocycles. The second-order valence-corrected chi connectivity index (χ2v) is 5.97. The van der Waals surface area contributed by atoms with Crippen LogP contribution in [0.1, 0.15) is 34.5 Å². The van der Waals surface area contributed by atoms with E-state index in [-0.39, 0.29) is 11.9 Å². The number of benzene rings is 2. The minimum Gasteiger partial charge on any atom is -0.345 e. The van der Waals surface area contributed by atoms with E-state index in [0.29, 0.717) is 15.1 Å². The van der Waals surface area contributed by atoms with Crippen LogP contribution in [0, 0.1) is 6.92 Å². The third-order valence-electron chi connectivity index (χ3n) is 3.18. The van der Waals surface area contributed by atoms with Gasteiger partial charge in [-0.1, -0.05) is 35.9 Å². The van der Waals surface area contributed by atoms with Crippen LogP contribution in [0.4, 0.5) is 0 Å². The van der Waals surface area contributed by atoms with Crippen LogP contribution in [0.5, 0.6) is 0 Å². The molecular weight excluding hydrogens is 338 g/mol. The van der Waals surface area contributed by atoms with Crippen LogP contribution in [0.3, 0.4) is 0 Å². The minimum atomic E-state index is -0.121. The van der Waals surface area contributed by atoms with E-state index in [1.54, 1.807) is 18.2 Å². The number of nitrogens with one attached hydrogen (secondary N) is 1. The maximum Gasteiger partial charge on any atom is 0.252 e. The molecule has 1 unspecified atom stereocenters. The first-order valence-corrected chi connectivity index (χ1v) is 7.47. The van der Waals surface area contributed by atoms with Gasteiger partial charge in [0.05, 0.1) is 11.6 Å². The molecule has 104 valence electrons. The van der Waals surface area contributed by atoms with Crippen molar-refractivity contribution in [3.05, 3.63) is 68.7 Å². The number of rotatable bonds is 3. The van der Waals surface area contributed by atoms with Crippen molar-refractivity contribution in [2.24, 2.45) is 0 Å². The number of hydrogen-bond acceptors (Lipinski definition) is 1. The van der Waals surface area contributed by atoms with Gasteiger partial charge in [-0.25, -0.2) is 0 Å². The molecule has 4 heteroatoms.